The molecule has 106 valence electrons. The molecule has 1 unspecified atom stereocenters. The molecule has 0 aromatic heterocycles. The SMILES string of the molecule is COc1cc(C(C)(O)CN)ccc1OC1CCCC1. The van der Waals surface area contributed by atoms with Crippen LogP contribution in [0.4, 0.5) is 0 Å². The number of aliphatic hydroxyl groups is 1. The molecule has 19 heavy (non-hydrogen) atoms. The van der Waals surface area contributed by atoms with Crippen molar-refractivity contribution in [2.75, 3.05) is 13.7 Å². The van der Waals surface area contributed by atoms with E-state index >= 15 is 0 Å². The molecule has 0 aliphatic heterocycles. The lowest BCUT2D eigenvalue weighted by molar-refractivity contribution is 0.0664. The summed E-state index contributed by atoms with van der Waals surface area (Å²) < 4.78 is 11.3. The third kappa shape index (κ3) is 3.19. The first-order valence-corrected chi connectivity index (χ1v) is 6.84. The second-order valence-corrected chi connectivity index (χ2v) is 5.37. The average Bonchev–Trinajstić information content (AvgIpc) is 2.92. The molecule has 1 aliphatic carbocycles. The zero-order chi connectivity index (χ0) is 13.9. The van der Waals surface area contributed by atoms with Crippen LogP contribution in [-0.2, 0) is 5.60 Å². The molecule has 1 aromatic carbocycles. The molecule has 4 nitrogen and oxygen atoms in total. The standard InChI is InChI=1S/C15H23NO3/c1-15(17,10-16)11-7-8-13(14(9-11)18-2)19-12-5-3-4-6-12/h7-9,12,17H,3-6,10,16H2,1-2H3. The van der Waals surface area contributed by atoms with Crippen molar-refractivity contribution in [1.29, 1.82) is 0 Å². The zero-order valence-corrected chi connectivity index (χ0v) is 11.7. The molecule has 1 aliphatic rings. The Kier molecular flexibility index (Phi) is 4.32. The Morgan fingerprint density at radius 3 is 2.58 bits per heavy atom. The van der Waals surface area contributed by atoms with Crippen LogP contribution in [0, 0.1) is 0 Å². The van der Waals surface area contributed by atoms with Crippen molar-refractivity contribution >= 4 is 0 Å². The molecule has 1 atom stereocenters. The minimum absolute atomic E-state index is 0.166. The summed E-state index contributed by atoms with van der Waals surface area (Å²) in [5.74, 6) is 1.39. The highest BCUT2D eigenvalue weighted by atomic mass is 16.5. The zero-order valence-electron chi connectivity index (χ0n) is 11.7. The molecule has 2 rings (SSSR count). The molecular formula is C15H23NO3. The molecule has 0 heterocycles. The number of rotatable bonds is 5. The molecule has 4 heteroatoms. The van der Waals surface area contributed by atoms with Crippen LogP contribution in [-0.4, -0.2) is 24.9 Å². The molecule has 1 aromatic rings. The highest BCUT2D eigenvalue weighted by molar-refractivity contribution is 5.44. The van der Waals surface area contributed by atoms with Gasteiger partial charge in [-0.1, -0.05) is 6.07 Å². The first kappa shape index (κ1) is 14.2. The number of benzene rings is 1. The predicted octanol–water partition coefficient (Wildman–Crippen LogP) is 2.18. The lowest BCUT2D eigenvalue weighted by atomic mass is 9.96. The van der Waals surface area contributed by atoms with E-state index in [0.29, 0.717) is 5.75 Å². The van der Waals surface area contributed by atoms with Crippen LogP contribution in [0.3, 0.4) is 0 Å². The second kappa shape index (κ2) is 5.80. The van der Waals surface area contributed by atoms with E-state index in [-0.39, 0.29) is 12.6 Å². The van der Waals surface area contributed by atoms with E-state index in [2.05, 4.69) is 0 Å². The summed E-state index contributed by atoms with van der Waals surface area (Å²) in [5, 5.41) is 10.2. The van der Waals surface area contributed by atoms with Gasteiger partial charge in [0.1, 0.15) is 0 Å². The monoisotopic (exact) mass is 265 g/mol. The van der Waals surface area contributed by atoms with Crippen LogP contribution in [0.25, 0.3) is 0 Å². The van der Waals surface area contributed by atoms with Crippen LogP contribution < -0.4 is 15.2 Å². The fourth-order valence-electron chi connectivity index (χ4n) is 2.40. The smallest absolute Gasteiger partial charge is 0.161 e. The second-order valence-electron chi connectivity index (χ2n) is 5.37. The minimum Gasteiger partial charge on any atom is -0.493 e. The van der Waals surface area contributed by atoms with Gasteiger partial charge in [0.05, 0.1) is 18.8 Å². The van der Waals surface area contributed by atoms with Gasteiger partial charge >= 0.3 is 0 Å². The average molecular weight is 265 g/mol. The van der Waals surface area contributed by atoms with Gasteiger partial charge in [-0.2, -0.15) is 0 Å². The summed E-state index contributed by atoms with van der Waals surface area (Å²) in [5.41, 5.74) is 5.28. The molecule has 3 N–H and O–H groups in total. The van der Waals surface area contributed by atoms with Gasteiger partial charge < -0.3 is 20.3 Å². The van der Waals surface area contributed by atoms with Crippen molar-refractivity contribution in [1.82, 2.24) is 0 Å². The molecule has 0 saturated heterocycles. The summed E-state index contributed by atoms with van der Waals surface area (Å²) in [6.45, 7) is 1.86. The van der Waals surface area contributed by atoms with Gasteiger partial charge in [-0.25, -0.2) is 0 Å². The summed E-state index contributed by atoms with van der Waals surface area (Å²) in [6.07, 6.45) is 4.95. The first-order valence-electron chi connectivity index (χ1n) is 6.84. The van der Waals surface area contributed by atoms with Gasteiger partial charge in [-0.15, -0.1) is 0 Å². The van der Waals surface area contributed by atoms with E-state index in [1.165, 1.54) is 12.8 Å². The highest BCUT2D eigenvalue weighted by Gasteiger charge is 2.24. The van der Waals surface area contributed by atoms with Gasteiger partial charge in [0.25, 0.3) is 0 Å². The fraction of sp³-hybridized carbons (Fsp3) is 0.600. The quantitative estimate of drug-likeness (QED) is 0.856. The number of hydrogen-bond donors (Lipinski definition) is 2. The van der Waals surface area contributed by atoms with E-state index < -0.39 is 5.60 Å². The maximum atomic E-state index is 10.2. The lowest BCUT2D eigenvalue weighted by Crippen LogP contribution is -2.31. The van der Waals surface area contributed by atoms with Gasteiger partial charge in [0, 0.05) is 6.54 Å². The van der Waals surface area contributed by atoms with Gasteiger partial charge in [0.2, 0.25) is 0 Å². The van der Waals surface area contributed by atoms with Crippen molar-refractivity contribution in [2.24, 2.45) is 5.73 Å². The van der Waals surface area contributed by atoms with Gasteiger partial charge in [-0.3, -0.25) is 0 Å². The van der Waals surface area contributed by atoms with E-state index in [1.54, 1.807) is 20.1 Å². The Hall–Kier alpha value is -1.26. The maximum Gasteiger partial charge on any atom is 0.161 e. The Balaban J connectivity index is 2.20. The van der Waals surface area contributed by atoms with Crippen molar-refractivity contribution in [3.8, 4) is 11.5 Å². The van der Waals surface area contributed by atoms with Crippen LogP contribution in [0.1, 0.15) is 38.2 Å². The lowest BCUT2D eigenvalue weighted by Gasteiger charge is -2.23. The van der Waals surface area contributed by atoms with Crippen LogP contribution >= 0.6 is 0 Å². The summed E-state index contributed by atoms with van der Waals surface area (Å²) in [6, 6.07) is 5.51. The fourth-order valence-corrected chi connectivity index (χ4v) is 2.40. The number of ether oxygens (including phenoxy) is 2. The van der Waals surface area contributed by atoms with E-state index in [4.69, 9.17) is 15.2 Å². The number of nitrogens with two attached hydrogens (primary N) is 1. The van der Waals surface area contributed by atoms with Crippen LogP contribution in [0.2, 0.25) is 0 Å². The maximum absolute atomic E-state index is 10.2. The first-order chi connectivity index (χ1) is 9.06. The third-order valence-electron chi connectivity index (χ3n) is 3.78. The molecule has 1 fully saturated rings. The van der Waals surface area contributed by atoms with E-state index in [1.807, 2.05) is 12.1 Å². The topological polar surface area (TPSA) is 64.7 Å². The van der Waals surface area contributed by atoms with Crippen molar-refractivity contribution < 1.29 is 14.6 Å². The normalized spacial score (nSPS) is 19.2. The van der Waals surface area contributed by atoms with Crippen molar-refractivity contribution in [3.05, 3.63) is 23.8 Å². The summed E-state index contributed by atoms with van der Waals surface area (Å²) >= 11 is 0. The molecule has 0 radical (unpaired) electrons. The molecule has 0 amide bonds. The van der Waals surface area contributed by atoms with Crippen LogP contribution in [0.5, 0.6) is 11.5 Å². The molecule has 0 spiro atoms. The van der Waals surface area contributed by atoms with Gasteiger partial charge in [0.15, 0.2) is 11.5 Å². The van der Waals surface area contributed by atoms with Gasteiger partial charge in [-0.05, 0) is 50.3 Å². The van der Waals surface area contributed by atoms with E-state index in [0.717, 1.165) is 24.2 Å². The van der Waals surface area contributed by atoms with Crippen LogP contribution in [0.15, 0.2) is 18.2 Å². The third-order valence-corrected chi connectivity index (χ3v) is 3.78. The predicted molar refractivity (Wildman–Crippen MR) is 74.5 cm³/mol. The largest absolute Gasteiger partial charge is 0.493 e. The molecule has 1 saturated carbocycles. The Bertz CT molecular complexity index is 425. The Morgan fingerprint density at radius 1 is 1.32 bits per heavy atom. The van der Waals surface area contributed by atoms with Crippen molar-refractivity contribution in [3.63, 3.8) is 0 Å². The van der Waals surface area contributed by atoms with E-state index in [9.17, 15) is 5.11 Å². The summed E-state index contributed by atoms with van der Waals surface area (Å²) in [7, 11) is 1.61. The minimum atomic E-state index is -1.04. The molecule has 0 bridgehead atoms. The Labute approximate surface area is 114 Å². The highest BCUT2D eigenvalue weighted by Crippen LogP contribution is 2.34. The number of methoxy groups -OCH3 is 1. The summed E-state index contributed by atoms with van der Waals surface area (Å²) in [4.78, 5) is 0. The Morgan fingerprint density at radius 2 is 2.00 bits per heavy atom. The number of hydrogen-bond acceptors (Lipinski definition) is 4. The molecular weight excluding hydrogens is 242 g/mol. The van der Waals surface area contributed by atoms with Crippen molar-refractivity contribution in [2.45, 2.75) is 44.3 Å².